The third-order valence-electron chi connectivity index (χ3n) is 2.82. The molecule has 0 fully saturated rings. The molecule has 0 spiro atoms. The molecule has 8 heteroatoms. The van der Waals surface area contributed by atoms with Crippen LogP contribution in [0.2, 0.25) is 6.04 Å². The van der Waals surface area contributed by atoms with Gasteiger partial charge in [0.15, 0.2) is 5.11 Å². The van der Waals surface area contributed by atoms with Gasteiger partial charge < -0.3 is 23.9 Å². The summed E-state index contributed by atoms with van der Waals surface area (Å²) in [4.78, 5) is 3.94. The molecule has 112 valence electrons. The second-order valence-corrected chi connectivity index (χ2v) is 7.51. The lowest BCUT2D eigenvalue weighted by molar-refractivity contribution is 0.123. The Balaban J connectivity index is 2.25. The van der Waals surface area contributed by atoms with Crippen LogP contribution in [0.5, 0.6) is 0 Å². The number of pyridine rings is 1. The molecule has 6 nitrogen and oxygen atoms in total. The van der Waals surface area contributed by atoms with Crippen LogP contribution >= 0.6 is 12.2 Å². The van der Waals surface area contributed by atoms with Crippen molar-refractivity contribution in [1.29, 1.82) is 0 Å². The van der Waals surface area contributed by atoms with Crippen LogP contribution < -0.4 is 10.6 Å². The normalized spacial score (nSPS) is 11.2. The third kappa shape index (κ3) is 5.51. The molecular formula is C12H21N3O3SSi. The van der Waals surface area contributed by atoms with E-state index in [1.807, 2.05) is 12.1 Å². The lowest BCUT2D eigenvalue weighted by Crippen LogP contribution is -2.43. The number of hydrogen-bond donors (Lipinski definition) is 2. The average Bonchev–Trinajstić information content (AvgIpc) is 2.49. The van der Waals surface area contributed by atoms with Gasteiger partial charge in [0.1, 0.15) is 0 Å². The Labute approximate surface area is 126 Å². The molecule has 0 amide bonds. The van der Waals surface area contributed by atoms with Gasteiger partial charge in [-0.05, 0) is 30.8 Å². The van der Waals surface area contributed by atoms with E-state index in [4.69, 9.17) is 25.5 Å². The maximum absolute atomic E-state index is 5.35. The average molecular weight is 315 g/mol. The Hall–Kier alpha value is -1.06. The Bertz CT molecular complexity index is 396. The molecule has 0 atom stereocenters. The summed E-state index contributed by atoms with van der Waals surface area (Å²) >= 11 is 5.20. The van der Waals surface area contributed by atoms with E-state index in [1.165, 1.54) is 0 Å². The molecule has 0 bridgehead atoms. The van der Waals surface area contributed by atoms with Crippen LogP contribution in [0, 0.1) is 0 Å². The first-order chi connectivity index (χ1) is 9.65. The van der Waals surface area contributed by atoms with Gasteiger partial charge in [0, 0.05) is 52.0 Å². The maximum atomic E-state index is 5.35. The van der Waals surface area contributed by atoms with Crippen LogP contribution in [0.3, 0.4) is 0 Å². The second-order valence-electron chi connectivity index (χ2n) is 4.02. The molecule has 1 rings (SSSR count). The number of anilines is 1. The summed E-state index contributed by atoms with van der Waals surface area (Å²) in [5.74, 6) is 0. The van der Waals surface area contributed by atoms with Crippen LogP contribution in [-0.4, -0.2) is 46.8 Å². The number of thiocarbonyl (C=S) groups is 1. The molecule has 0 saturated carbocycles. The van der Waals surface area contributed by atoms with Crippen molar-refractivity contribution < 1.29 is 13.3 Å². The lowest BCUT2D eigenvalue weighted by Gasteiger charge is -2.24. The molecule has 1 aromatic heterocycles. The number of aromatic nitrogens is 1. The molecular weight excluding hydrogens is 294 g/mol. The fourth-order valence-corrected chi connectivity index (χ4v) is 3.62. The Morgan fingerprint density at radius 3 is 2.35 bits per heavy atom. The largest absolute Gasteiger partial charge is 0.500 e. The highest BCUT2D eigenvalue weighted by molar-refractivity contribution is 7.80. The van der Waals surface area contributed by atoms with Gasteiger partial charge >= 0.3 is 8.80 Å². The summed E-state index contributed by atoms with van der Waals surface area (Å²) in [6.07, 6.45) is 4.27. The molecule has 2 N–H and O–H groups in total. The zero-order valence-electron chi connectivity index (χ0n) is 12.0. The minimum Gasteiger partial charge on any atom is -0.377 e. The van der Waals surface area contributed by atoms with Crippen molar-refractivity contribution in [2.24, 2.45) is 0 Å². The van der Waals surface area contributed by atoms with Crippen LogP contribution in [-0.2, 0) is 13.3 Å². The topological polar surface area (TPSA) is 64.6 Å². The smallest absolute Gasteiger partial charge is 0.377 e. The van der Waals surface area contributed by atoms with E-state index in [-0.39, 0.29) is 0 Å². The quantitative estimate of drug-likeness (QED) is 0.429. The van der Waals surface area contributed by atoms with Gasteiger partial charge in [-0.2, -0.15) is 0 Å². The SMILES string of the molecule is CO[Si](CCCNC(=S)Nc1ccncc1)(OC)OC. The van der Waals surface area contributed by atoms with Gasteiger partial charge in [-0.3, -0.25) is 4.98 Å². The first-order valence-electron chi connectivity index (χ1n) is 6.26. The maximum Gasteiger partial charge on any atom is 0.500 e. The molecule has 0 radical (unpaired) electrons. The van der Waals surface area contributed by atoms with E-state index < -0.39 is 8.80 Å². The number of nitrogens with one attached hydrogen (secondary N) is 2. The Kier molecular flexibility index (Phi) is 7.63. The monoisotopic (exact) mass is 315 g/mol. The van der Waals surface area contributed by atoms with Gasteiger partial charge in [0.05, 0.1) is 0 Å². The van der Waals surface area contributed by atoms with Gasteiger partial charge in [0.25, 0.3) is 0 Å². The van der Waals surface area contributed by atoms with Crippen molar-refractivity contribution >= 4 is 31.8 Å². The fraction of sp³-hybridized carbons (Fsp3) is 0.500. The highest BCUT2D eigenvalue weighted by atomic mass is 32.1. The van der Waals surface area contributed by atoms with Gasteiger partial charge in [-0.1, -0.05) is 0 Å². The fourth-order valence-electron chi connectivity index (χ4n) is 1.67. The molecule has 1 heterocycles. The zero-order chi connectivity index (χ0) is 14.8. The van der Waals surface area contributed by atoms with Crippen LogP contribution in [0.4, 0.5) is 5.69 Å². The minimum absolute atomic E-state index is 0.579. The highest BCUT2D eigenvalue weighted by Crippen LogP contribution is 2.14. The zero-order valence-corrected chi connectivity index (χ0v) is 13.8. The molecule has 1 aromatic rings. The summed E-state index contributed by atoms with van der Waals surface area (Å²) in [6, 6.07) is 4.45. The molecule has 0 saturated heterocycles. The highest BCUT2D eigenvalue weighted by Gasteiger charge is 2.36. The predicted octanol–water partition coefficient (Wildman–Crippen LogP) is 1.64. The van der Waals surface area contributed by atoms with Crippen LogP contribution in [0.15, 0.2) is 24.5 Å². The summed E-state index contributed by atoms with van der Waals surface area (Å²) in [5.41, 5.74) is 0.909. The molecule has 0 aliphatic rings. The molecule has 0 aliphatic heterocycles. The Morgan fingerprint density at radius 1 is 1.20 bits per heavy atom. The summed E-state index contributed by atoms with van der Waals surface area (Å²) in [6.45, 7) is 0.724. The minimum atomic E-state index is -2.48. The number of hydrogen-bond acceptors (Lipinski definition) is 5. The molecule has 0 aliphatic carbocycles. The first-order valence-corrected chi connectivity index (χ1v) is 8.60. The van der Waals surface area contributed by atoms with E-state index in [0.717, 1.165) is 24.7 Å². The summed E-state index contributed by atoms with van der Waals surface area (Å²) in [5, 5.41) is 6.79. The van der Waals surface area contributed by atoms with E-state index in [0.29, 0.717) is 5.11 Å². The summed E-state index contributed by atoms with van der Waals surface area (Å²) < 4.78 is 16.1. The summed E-state index contributed by atoms with van der Waals surface area (Å²) in [7, 11) is 2.36. The predicted molar refractivity (Wildman–Crippen MR) is 84.7 cm³/mol. The van der Waals surface area contributed by atoms with Crippen LogP contribution in [0.25, 0.3) is 0 Å². The molecule has 0 aromatic carbocycles. The van der Waals surface area contributed by atoms with Crippen molar-refractivity contribution in [3.8, 4) is 0 Å². The van der Waals surface area contributed by atoms with E-state index in [9.17, 15) is 0 Å². The molecule has 20 heavy (non-hydrogen) atoms. The van der Waals surface area contributed by atoms with E-state index >= 15 is 0 Å². The van der Waals surface area contributed by atoms with Crippen LogP contribution in [0.1, 0.15) is 6.42 Å². The van der Waals surface area contributed by atoms with E-state index in [1.54, 1.807) is 33.7 Å². The number of rotatable bonds is 8. The lowest BCUT2D eigenvalue weighted by atomic mass is 10.4. The Morgan fingerprint density at radius 2 is 1.80 bits per heavy atom. The first kappa shape index (κ1) is 17.0. The van der Waals surface area contributed by atoms with Crippen molar-refractivity contribution in [1.82, 2.24) is 10.3 Å². The van der Waals surface area contributed by atoms with Crippen molar-refractivity contribution in [3.05, 3.63) is 24.5 Å². The van der Waals surface area contributed by atoms with Crippen molar-refractivity contribution in [3.63, 3.8) is 0 Å². The van der Waals surface area contributed by atoms with E-state index in [2.05, 4.69) is 15.6 Å². The van der Waals surface area contributed by atoms with Gasteiger partial charge in [-0.15, -0.1) is 0 Å². The standard InChI is InChI=1S/C12H21N3O3SSi/c1-16-20(17-2,18-3)10-4-7-14-12(19)15-11-5-8-13-9-6-11/h5-6,8-9H,4,7,10H2,1-3H3,(H2,13,14,15,19). The van der Waals surface area contributed by atoms with Crippen molar-refractivity contribution in [2.75, 3.05) is 33.2 Å². The van der Waals surface area contributed by atoms with Gasteiger partial charge in [-0.25, -0.2) is 0 Å². The molecule has 0 unspecified atom stereocenters. The number of nitrogens with zero attached hydrogens (tertiary/aromatic N) is 1. The second kappa shape index (κ2) is 8.98. The van der Waals surface area contributed by atoms with Gasteiger partial charge in [0.2, 0.25) is 0 Å². The third-order valence-corrected chi connectivity index (χ3v) is 5.89. The van der Waals surface area contributed by atoms with Crippen molar-refractivity contribution in [2.45, 2.75) is 12.5 Å².